The number of carboxylic acids is 1. The van der Waals surface area contributed by atoms with E-state index in [9.17, 15) is 9.90 Å². The van der Waals surface area contributed by atoms with E-state index in [4.69, 9.17) is 5.11 Å². The smallest absolute Gasteiger partial charge is 0.313 e. The predicted molar refractivity (Wildman–Crippen MR) is 68.5 cm³/mol. The van der Waals surface area contributed by atoms with Crippen molar-refractivity contribution in [3.8, 4) is 0 Å². The quantitative estimate of drug-likeness (QED) is 0.732. The molecule has 1 aromatic rings. The minimum Gasteiger partial charge on any atom is -0.481 e. The summed E-state index contributed by atoms with van der Waals surface area (Å²) in [4.78, 5) is 10.6. The molecular formula is C11H19N3O3S. The lowest BCUT2D eigenvalue weighted by Gasteiger charge is -2.28. The van der Waals surface area contributed by atoms with E-state index >= 15 is 0 Å². The van der Waals surface area contributed by atoms with Crippen molar-refractivity contribution in [2.75, 3.05) is 5.75 Å². The Bertz CT molecular complexity index is 418. The van der Waals surface area contributed by atoms with E-state index in [0.29, 0.717) is 11.0 Å². The fraction of sp³-hybridized carbons (Fsp3) is 0.727. The molecule has 2 N–H and O–H groups in total. The van der Waals surface area contributed by atoms with Gasteiger partial charge < -0.3 is 10.2 Å². The number of nitrogens with zero attached hydrogens (tertiary/aromatic N) is 3. The van der Waals surface area contributed by atoms with Crippen LogP contribution in [0.5, 0.6) is 0 Å². The van der Waals surface area contributed by atoms with Crippen LogP contribution in [0.15, 0.2) is 5.16 Å². The van der Waals surface area contributed by atoms with Crippen LogP contribution in [0.3, 0.4) is 0 Å². The second kappa shape index (κ2) is 6.19. The zero-order valence-electron chi connectivity index (χ0n) is 10.9. The van der Waals surface area contributed by atoms with Crippen molar-refractivity contribution >= 4 is 17.7 Å². The van der Waals surface area contributed by atoms with Gasteiger partial charge in [-0.05, 0) is 20.3 Å². The SMILES string of the molecule is CCCC(C)(C)n1c(CO)nnc1SCC(=O)O. The minimum absolute atomic E-state index is 0.0637. The molecule has 0 radical (unpaired) electrons. The van der Waals surface area contributed by atoms with Gasteiger partial charge in [-0.15, -0.1) is 10.2 Å². The Labute approximate surface area is 110 Å². The topological polar surface area (TPSA) is 88.2 Å². The second-order valence-electron chi connectivity index (χ2n) is 4.64. The summed E-state index contributed by atoms with van der Waals surface area (Å²) in [5.74, 6) is -0.485. The van der Waals surface area contributed by atoms with Gasteiger partial charge in [-0.3, -0.25) is 9.36 Å². The van der Waals surface area contributed by atoms with Gasteiger partial charge in [0.1, 0.15) is 6.61 Å². The average molecular weight is 273 g/mol. The van der Waals surface area contributed by atoms with Crippen LogP contribution in [0, 0.1) is 0 Å². The van der Waals surface area contributed by atoms with Crippen LogP contribution in [-0.2, 0) is 16.9 Å². The molecule has 0 spiro atoms. The number of aliphatic hydroxyl groups is 1. The third kappa shape index (κ3) is 3.46. The molecule has 0 amide bonds. The Morgan fingerprint density at radius 1 is 1.44 bits per heavy atom. The summed E-state index contributed by atoms with van der Waals surface area (Å²) < 4.78 is 1.84. The molecule has 7 heteroatoms. The molecular weight excluding hydrogens is 254 g/mol. The summed E-state index contributed by atoms with van der Waals surface area (Å²) in [5.41, 5.74) is -0.239. The first kappa shape index (κ1) is 15.0. The number of aliphatic hydroxyl groups excluding tert-OH is 1. The van der Waals surface area contributed by atoms with Crippen molar-refractivity contribution in [3.63, 3.8) is 0 Å². The first-order valence-electron chi connectivity index (χ1n) is 5.82. The Hall–Kier alpha value is -1.08. The standard InChI is InChI=1S/C11H19N3O3S/c1-4-5-11(2,3)14-8(6-15)12-13-10(14)18-7-9(16)17/h15H,4-7H2,1-3H3,(H,16,17). The molecule has 0 atom stereocenters. The summed E-state index contributed by atoms with van der Waals surface area (Å²) in [6, 6.07) is 0. The fourth-order valence-corrected chi connectivity index (χ4v) is 2.79. The summed E-state index contributed by atoms with van der Waals surface area (Å²) in [5, 5.41) is 26.4. The molecule has 0 aliphatic rings. The van der Waals surface area contributed by atoms with Crippen molar-refractivity contribution < 1.29 is 15.0 Å². The highest BCUT2D eigenvalue weighted by Gasteiger charge is 2.26. The largest absolute Gasteiger partial charge is 0.481 e. The molecule has 0 saturated carbocycles. The fourth-order valence-electron chi connectivity index (χ4n) is 1.95. The number of aromatic nitrogens is 3. The lowest BCUT2D eigenvalue weighted by Crippen LogP contribution is -2.29. The zero-order valence-corrected chi connectivity index (χ0v) is 11.7. The van der Waals surface area contributed by atoms with Gasteiger partial charge in [-0.2, -0.15) is 0 Å². The van der Waals surface area contributed by atoms with E-state index in [1.807, 2.05) is 18.4 Å². The molecule has 0 bridgehead atoms. The lowest BCUT2D eigenvalue weighted by molar-refractivity contribution is -0.133. The highest BCUT2D eigenvalue weighted by atomic mass is 32.2. The third-order valence-electron chi connectivity index (χ3n) is 2.63. The van der Waals surface area contributed by atoms with E-state index in [2.05, 4.69) is 17.1 Å². The van der Waals surface area contributed by atoms with E-state index in [1.165, 1.54) is 0 Å². The van der Waals surface area contributed by atoms with Crippen molar-refractivity contribution in [3.05, 3.63) is 5.82 Å². The van der Waals surface area contributed by atoms with Crippen molar-refractivity contribution in [1.29, 1.82) is 0 Å². The highest BCUT2D eigenvalue weighted by molar-refractivity contribution is 7.99. The lowest BCUT2D eigenvalue weighted by atomic mass is 9.98. The molecule has 0 aromatic carbocycles. The van der Waals surface area contributed by atoms with E-state index < -0.39 is 5.97 Å². The molecule has 0 unspecified atom stereocenters. The predicted octanol–water partition coefficient (Wildman–Crippen LogP) is 1.48. The number of carboxylic acid groups (broad SMARTS) is 1. The molecule has 0 saturated heterocycles. The van der Waals surface area contributed by atoms with Gasteiger partial charge in [0.05, 0.1) is 5.75 Å². The normalized spacial score (nSPS) is 11.8. The van der Waals surface area contributed by atoms with Crippen molar-refractivity contribution in [1.82, 2.24) is 14.8 Å². The first-order chi connectivity index (χ1) is 8.42. The van der Waals surface area contributed by atoms with E-state index in [0.717, 1.165) is 24.6 Å². The molecule has 1 aromatic heterocycles. The average Bonchev–Trinajstić information content (AvgIpc) is 2.69. The van der Waals surface area contributed by atoms with Gasteiger partial charge >= 0.3 is 5.97 Å². The summed E-state index contributed by atoms with van der Waals surface area (Å²) in [6.45, 7) is 5.94. The van der Waals surface area contributed by atoms with Crippen LogP contribution in [0.4, 0.5) is 0 Å². The molecule has 0 aliphatic heterocycles. The maximum absolute atomic E-state index is 10.6. The second-order valence-corrected chi connectivity index (χ2v) is 5.58. The molecule has 18 heavy (non-hydrogen) atoms. The number of rotatable bonds is 7. The van der Waals surface area contributed by atoms with Crippen LogP contribution < -0.4 is 0 Å². The Kier molecular flexibility index (Phi) is 5.15. The zero-order chi connectivity index (χ0) is 13.8. The van der Waals surface area contributed by atoms with Gasteiger partial charge in [-0.25, -0.2) is 0 Å². The van der Waals surface area contributed by atoms with Crippen molar-refractivity contribution in [2.24, 2.45) is 0 Å². The highest BCUT2D eigenvalue weighted by Crippen LogP contribution is 2.29. The molecule has 1 heterocycles. The molecule has 1 rings (SSSR count). The number of aliphatic carboxylic acids is 1. The monoisotopic (exact) mass is 273 g/mol. The molecule has 0 fully saturated rings. The molecule has 102 valence electrons. The summed E-state index contributed by atoms with van der Waals surface area (Å²) in [7, 11) is 0. The number of carbonyl (C=O) groups is 1. The summed E-state index contributed by atoms with van der Waals surface area (Å²) in [6.07, 6.45) is 1.89. The number of hydrogen-bond acceptors (Lipinski definition) is 5. The van der Waals surface area contributed by atoms with Crippen LogP contribution >= 0.6 is 11.8 Å². The Balaban J connectivity index is 3.05. The van der Waals surface area contributed by atoms with Crippen LogP contribution in [0.2, 0.25) is 0 Å². The number of hydrogen-bond donors (Lipinski definition) is 2. The Morgan fingerprint density at radius 3 is 2.61 bits per heavy atom. The van der Waals surface area contributed by atoms with Gasteiger partial charge in [-0.1, -0.05) is 25.1 Å². The Morgan fingerprint density at radius 2 is 2.11 bits per heavy atom. The van der Waals surface area contributed by atoms with Crippen LogP contribution in [0.25, 0.3) is 0 Å². The van der Waals surface area contributed by atoms with E-state index in [1.54, 1.807) is 0 Å². The maximum atomic E-state index is 10.6. The number of thioether (sulfide) groups is 1. The van der Waals surface area contributed by atoms with Crippen molar-refractivity contribution in [2.45, 2.75) is 50.9 Å². The van der Waals surface area contributed by atoms with E-state index in [-0.39, 0.29) is 17.9 Å². The summed E-state index contributed by atoms with van der Waals surface area (Å²) >= 11 is 1.12. The van der Waals surface area contributed by atoms with Gasteiger partial charge in [0.2, 0.25) is 0 Å². The molecule has 6 nitrogen and oxygen atoms in total. The minimum atomic E-state index is -0.895. The molecule has 0 aliphatic carbocycles. The van der Waals surface area contributed by atoms with Gasteiger partial charge in [0, 0.05) is 5.54 Å². The van der Waals surface area contributed by atoms with Gasteiger partial charge in [0.15, 0.2) is 11.0 Å². The van der Waals surface area contributed by atoms with Gasteiger partial charge in [0.25, 0.3) is 0 Å². The first-order valence-corrected chi connectivity index (χ1v) is 6.81. The maximum Gasteiger partial charge on any atom is 0.313 e. The van der Waals surface area contributed by atoms with Crippen LogP contribution in [0.1, 0.15) is 39.4 Å². The third-order valence-corrected chi connectivity index (χ3v) is 3.55. The van der Waals surface area contributed by atoms with Crippen LogP contribution in [-0.4, -0.2) is 36.7 Å².